The Morgan fingerprint density at radius 3 is 2.54 bits per heavy atom. The van der Waals surface area contributed by atoms with Crippen LogP contribution in [-0.2, 0) is 4.79 Å². The molecule has 0 unspecified atom stereocenters. The van der Waals surface area contributed by atoms with E-state index in [0.717, 1.165) is 18.9 Å². The molecule has 214 valence electrons. The number of halogens is 5. The topological polar surface area (TPSA) is 93.7 Å². The maximum atomic E-state index is 15.5. The smallest absolute Gasteiger partial charge is 0.245 e. The van der Waals surface area contributed by atoms with Gasteiger partial charge in [0.2, 0.25) is 23.3 Å². The lowest BCUT2D eigenvalue weighted by Crippen LogP contribution is -2.39. The number of hydrogen-bond acceptors (Lipinski definition) is 6. The van der Waals surface area contributed by atoms with E-state index in [1.807, 2.05) is 0 Å². The highest BCUT2D eigenvalue weighted by Gasteiger charge is 2.31. The molecular weight excluding hydrogens is 545 g/mol. The first-order chi connectivity index (χ1) is 19.7. The molecule has 41 heavy (non-hydrogen) atoms. The SMILES string of the molecule is C=CC(=O)N1CCC[C@@H](C[C@@H]2CCN=C(c3ccc(Oc4c(F)c(F)cc(F)c4F)cc3F)c3c(N)ncnc32)C1. The second-order valence-electron chi connectivity index (χ2n) is 10.0. The van der Waals surface area contributed by atoms with Crippen LogP contribution in [0.15, 0.2) is 48.2 Å². The van der Waals surface area contributed by atoms with Crippen molar-refractivity contribution in [1.29, 1.82) is 0 Å². The Labute approximate surface area is 232 Å². The van der Waals surface area contributed by atoms with Crippen LogP contribution < -0.4 is 10.5 Å². The highest BCUT2D eigenvalue weighted by atomic mass is 19.2. The first-order valence-corrected chi connectivity index (χ1v) is 13.0. The summed E-state index contributed by atoms with van der Waals surface area (Å²) in [5.74, 6) is -9.28. The quantitative estimate of drug-likeness (QED) is 0.233. The molecule has 12 heteroatoms. The molecule has 3 aromatic rings. The standard InChI is InChI=1S/C29H26F5N5O2/c1-2-22(40)39-9-3-4-15(13-39)10-16-7-8-36-27(23-26(16)37-14-38-29(23)35)18-6-5-17(11-19(18)30)41-28-24(33)20(31)12-21(32)25(28)34/h2,5-6,11-12,14-16H,1,3-4,7-10,13H2,(H2,35,37,38)/t15-,16-/m0/s1. The Morgan fingerprint density at radius 1 is 1.07 bits per heavy atom. The first-order valence-electron chi connectivity index (χ1n) is 13.0. The van der Waals surface area contributed by atoms with Gasteiger partial charge in [0.15, 0.2) is 11.6 Å². The Balaban J connectivity index is 1.44. The fraction of sp³-hybridized carbons (Fsp3) is 0.310. The van der Waals surface area contributed by atoms with E-state index in [4.69, 9.17) is 10.5 Å². The van der Waals surface area contributed by atoms with Crippen molar-refractivity contribution in [2.75, 3.05) is 25.4 Å². The molecule has 2 aromatic carbocycles. The van der Waals surface area contributed by atoms with Crippen molar-refractivity contribution in [3.05, 3.63) is 89.2 Å². The lowest BCUT2D eigenvalue weighted by atomic mass is 9.83. The summed E-state index contributed by atoms with van der Waals surface area (Å²) in [6.07, 6.45) is 5.77. The summed E-state index contributed by atoms with van der Waals surface area (Å²) in [7, 11) is 0. The van der Waals surface area contributed by atoms with Gasteiger partial charge in [-0.1, -0.05) is 6.58 Å². The van der Waals surface area contributed by atoms with Crippen molar-refractivity contribution in [3.63, 3.8) is 0 Å². The zero-order chi connectivity index (χ0) is 29.3. The predicted octanol–water partition coefficient (Wildman–Crippen LogP) is 5.69. The van der Waals surface area contributed by atoms with E-state index in [9.17, 15) is 22.4 Å². The van der Waals surface area contributed by atoms with E-state index in [1.165, 1.54) is 24.5 Å². The minimum absolute atomic E-state index is 0.00698. The van der Waals surface area contributed by atoms with Crippen LogP contribution in [0.25, 0.3) is 0 Å². The number of hydrogen-bond donors (Lipinski definition) is 1. The predicted molar refractivity (Wildman–Crippen MR) is 141 cm³/mol. The zero-order valence-corrected chi connectivity index (χ0v) is 21.8. The van der Waals surface area contributed by atoms with E-state index < -0.39 is 40.6 Å². The van der Waals surface area contributed by atoms with Gasteiger partial charge in [0.25, 0.3) is 0 Å². The fourth-order valence-corrected chi connectivity index (χ4v) is 5.46. The molecule has 0 saturated carbocycles. The number of likely N-dealkylation sites (tertiary alicyclic amines) is 1. The molecule has 0 spiro atoms. The maximum Gasteiger partial charge on any atom is 0.245 e. The number of piperidine rings is 1. The van der Waals surface area contributed by atoms with Crippen molar-refractivity contribution in [2.24, 2.45) is 10.9 Å². The van der Waals surface area contributed by atoms with Crippen molar-refractivity contribution in [2.45, 2.75) is 31.6 Å². The normalized spacial score (nSPS) is 18.8. The summed E-state index contributed by atoms with van der Waals surface area (Å²) in [6, 6.07) is 3.34. The summed E-state index contributed by atoms with van der Waals surface area (Å²) in [5, 5.41) is 0. The van der Waals surface area contributed by atoms with E-state index in [1.54, 1.807) is 4.90 Å². The number of nitrogens with zero attached hydrogens (tertiary/aromatic N) is 4. The zero-order valence-electron chi connectivity index (χ0n) is 21.8. The Bertz CT molecular complexity index is 1520. The maximum absolute atomic E-state index is 15.5. The molecular formula is C29H26F5N5O2. The summed E-state index contributed by atoms with van der Waals surface area (Å²) < 4.78 is 75.7. The highest BCUT2D eigenvalue weighted by Crippen LogP contribution is 2.37. The van der Waals surface area contributed by atoms with Crippen LogP contribution in [0.4, 0.5) is 27.8 Å². The number of ether oxygens (including phenoxy) is 1. The number of anilines is 1. The van der Waals surface area contributed by atoms with Gasteiger partial charge in [0.1, 0.15) is 23.7 Å². The molecule has 1 saturated heterocycles. The van der Waals surface area contributed by atoms with Gasteiger partial charge >= 0.3 is 0 Å². The molecule has 1 fully saturated rings. The molecule has 2 atom stereocenters. The van der Waals surface area contributed by atoms with Crippen LogP contribution in [0.5, 0.6) is 11.5 Å². The molecule has 2 N–H and O–H groups in total. The average molecular weight is 572 g/mol. The monoisotopic (exact) mass is 571 g/mol. The Morgan fingerprint density at radius 2 is 1.83 bits per heavy atom. The molecule has 5 rings (SSSR count). The molecule has 2 aliphatic rings. The van der Waals surface area contributed by atoms with E-state index in [0.29, 0.717) is 43.7 Å². The minimum Gasteiger partial charge on any atom is -0.451 e. The molecule has 0 radical (unpaired) electrons. The number of nitrogen functional groups attached to an aromatic ring is 1. The number of aliphatic imine (C=N–C) groups is 1. The molecule has 0 bridgehead atoms. The summed E-state index contributed by atoms with van der Waals surface area (Å²) in [5.41, 5.74) is 7.45. The van der Waals surface area contributed by atoms with Crippen molar-refractivity contribution in [1.82, 2.24) is 14.9 Å². The number of carbonyl (C=O) groups excluding carboxylic acids is 1. The fourth-order valence-electron chi connectivity index (χ4n) is 5.46. The van der Waals surface area contributed by atoms with Gasteiger partial charge in [0.05, 0.1) is 17.0 Å². The average Bonchev–Trinajstić information content (AvgIpc) is 3.14. The Kier molecular flexibility index (Phi) is 8.00. The van der Waals surface area contributed by atoms with Crippen molar-refractivity contribution >= 4 is 17.4 Å². The molecule has 1 amide bonds. The molecule has 1 aromatic heterocycles. The highest BCUT2D eigenvalue weighted by molar-refractivity contribution is 6.16. The molecule has 2 aliphatic heterocycles. The number of nitrogens with two attached hydrogens (primary N) is 1. The van der Waals surface area contributed by atoms with Crippen LogP contribution in [0.3, 0.4) is 0 Å². The van der Waals surface area contributed by atoms with Gasteiger partial charge in [-0.15, -0.1) is 0 Å². The van der Waals surface area contributed by atoms with Crippen LogP contribution in [0, 0.1) is 35.0 Å². The molecule has 7 nitrogen and oxygen atoms in total. The number of benzene rings is 2. The lowest BCUT2D eigenvalue weighted by molar-refractivity contribution is -0.127. The summed E-state index contributed by atoms with van der Waals surface area (Å²) in [6.45, 7) is 5.17. The van der Waals surface area contributed by atoms with Gasteiger partial charge in [-0.3, -0.25) is 9.79 Å². The third kappa shape index (κ3) is 5.63. The number of fused-ring (bicyclic) bond motifs is 1. The van der Waals surface area contributed by atoms with Crippen LogP contribution in [-0.4, -0.2) is 46.1 Å². The molecule has 3 heterocycles. The van der Waals surface area contributed by atoms with Gasteiger partial charge < -0.3 is 15.4 Å². The second kappa shape index (κ2) is 11.6. The number of rotatable bonds is 6. The third-order valence-corrected chi connectivity index (χ3v) is 7.39. The van der Waals surface area contributed by atoms with E-state index in [2.05, 4.69) is 21.5 Å². The number of carbonyl (C=O) groups is 1. The molecule has 0 aliphatic carbocycles. The third-order valence-electron chi connectivity index (χ3n) is 7.39. The second-order valence-corrected chi connectivity index (χ2v) is 10.0. The van der Waals surface area contributed by atoms with E-state index >= 15 is 4.39 Å². The summed E-state index contributed by atoms with van der Waals surface area (Å²) >= 11 is 0. The van der Waals surface area contributed by atoms with Crippen LogP contribution in [0.2, 0.25) is 0 Å². The first kappa shape index (κ1) is 28.2. The van der Waals surface area contributed by atoms with Crippen LogP contribution >= 0.6 is 0 Å². The summed E-state index contributed by atoms with van der Waals surface area (Å²) in [4.78, 5) is 27.1. The van der Waals surface area contributed by atoms with Crippen molar-refractivity contribution in [3.8, 4) is 11.5 Å². The van der Waals surface area contributed by atoms with Crippen LogP contribution in [0.1, 0.15) is 48.4 Å². The number of aromatic nitrogens is 2. The van der Waals surface area contributed by atoms with Crippen molar-refractivity contribution < 1.29 is 31.5 Å². The van der Waals surface area contributed by atoms with Gasteiger partial charge in [-0.25, -0.2) is 23.1 Å². The number of amides is 1. The Hall–Kier alpha value is -4.35. The largest absolute Gasteiger partial charge is 0.451 e. The lowest BCUT2D eigenvalue weighted by Gasteiger charge is -2.34. The van der Waals surface area contributed by atoms with Gasteiger partial charge in [0, 0.05) is 43.2 Å². The van der Waals surface area contributed by atoms with Gasteiger partial charge in [-0.2, -0.15) is 8.78 Å². The minimum atomic E-state index is -1.75. The van der Waals surface area contributed by atoms with E-state index in [-0.39, 0.29) is 40.9 Å². The van der Waals surface area contributed by atoms with Gasteiger partial charge in [-0.05, 0) is 49.8 Å².